The molecule has 0 atom stereocenters. The Morgan fingerprint density at radius 1 is 1.09 bits per heavy atom. The van der Waals surface area contributed by atoms with Gasteiger partial charge in [-0.1, -0.05) is 0 Å². The fourth-order valence-electron chi connectivity index (χ4n) is 1.79. The summed E-state index contributed by atoms with van der Waals surface area (Å²) in [6.07, 6.45) is 0. The van der Waals surface area contributed by atoms with Crippen molar-refractivity contribution in [2.45, 2.75) is 26.4 Å². The minimum atomic E-state index is -0.604. The Hall–Kier alpha value is -2.08. The van der Waals surface area contributed by atoms with Gasteiger partial charge in [-0.15, -0.1) is 0 Å². The molecule has 0 saturated heterocycles. The molecule has 6 heteroatoms. The number of carbonyl (C=O) groups excluding carboxylic acids is 2. The molecule has 6 nitrogen and oxygen atoms in total. The Morgan fingerprint density at radius 3 is 2.14 bits per heavy atom. The second-order valence-electron chi connectivity index (χ2n) is 5.70. The molecule has 0 aliphatic heterocycles. The zero-order chi connectivity index (χ0) is 16.8. The first-order chi connectivity index (χ1) is 10.3. The van der Waals surface area contributed by atoms with E-state index in [2.05, 4.69) is 0 Å². The van der Waals surface area contributed by atoms with Crippen LogP contribution in [0.1, 0.15) is 20.8 Å². The molecule has 0 N–H and O–H groups in total. The van der Waals surface area contributed by atoms with Crippen LogP contribution in [0.4, 0.5) is 5.69 Å². The first-order valence-corrected chi connectivity index (χ1v) is 6.92. The third kappa shape index (κ3) is 5.73. The summed E-state index contributed by atoms with van der Waals surface area (Å²) in [5.41, 5.74) is -0.0267. The number of benzene rings is 1. The van der Waals surface area contributed by atoms with Crippen LogP contribution in [0, 0.1) is 0 Å². The van der Waals surface area contributed by atoms with Crippen LogP contribution in [0.3, 0.4) is 0 Å². The molecule has 0 spiro atoms. The highest BCUT2D eigenvalue weighted by atomic mass is 16.6. The number of nitrogens with zero attached hydrogens (tertiary/aromatic N) is 1. The summed E-state index contributed by atoms with van der Waals surface area (Å²) in [5, 5.41) is 0. The van der Waals surface area contributed by atoms with E-state index in [4.69, 9.17) is 14.2 Å². The van der Waals surface area contributed by atoms with Gasteiger partial charge in [0.25, 0.3) is 5.91 Å². The van der Waals surface area contributed by atoms with Crippen molar-refractivity contribution in [3.63, 3.8) is 0 Å². The van der Waals surface area contributed by atoms with Crippen LogP contribution in [0.2, 0.25) is 0 Å². The van der Waals surface area contributed by atoms with Crippen LogP contribution in [-0.2, 0) is 19.1 Å². The Bertz CT molecular complexity index is 504. The van der Waals surface area contributed by atoms with Gasteiger partial charge in [0.15, 0.2) is 0 Å². The van der Waals surface area contributed by atoms with Gasteiger partial charge in [-0.05, 0) is 45.0 Å². The van der Waals surface area contributed by atoms with Crippen LogP contribution in [0.15, 0.2) is 24.3 Å². The molecule has 0 fully saturated rings. The van der Waals surface area contributed by atoms with Gasteiger partial charge in [-0.25, -0.2) is 0 Å². The van der Waals surface area contributed by atoms with Crippen LogP contribution in [-0.4, -0.2) is 44.8 Å². The maximum absolute atomic E-state index is 12.2. The summed E-state index contributed by atoms with van der Waals surface area (Å²) in [6.45, 7) is 5.04. The number of carbonyl (C=O) groups is 2. The van der Waals surface area contributed by atoms with Crippen LogP contribution >= 0.6 is 0 Å². The molecule has 0 aliphatic rings. The van der Waals surface area contributed by atoms with Crippen molar-refractivity contribution in [1.82, 2.24) is 0 Å². The summed E-state index contributed by atoms with van der Waals surface area (Å²) < 4.78 is 15.2. The van der Waals surface area contributed by atoms with E-state index in [9.17, 15) is 9.59 Å². The molecule has 122 valence electrons. The largest absolute Gasteiger partial charge is 0.497 e. The van der Waals surface area contributed by atoms with Crippen molar-refractivity contribution in [3.05, 3.63) is 24.3 Å². The van der Waals surface area contributed by atoms with E-state index in [0.29, 0.717) is 11.4 Å². The van der Waals surface area contributed by atoms with E-state index in [0.717, 1.165) is 0 Å². The number of hydrogen-bond acceptors (Lipinski definition) is 5. The molecule has 0 saturated carbocycles. The minimum Gasteiger partial charge on any atom is -0.497 e. The lowest BCUT2D eigenvalue weighted by atomic mass is 10.2. The molecule has 0 bridgehead atoms. The standard InChI is InChI=1S/C16H23NO5/c1-16(2,3)22-15(19)10-17(14(18)11-20-4)12-6-8-13(21-5)9-7-12/h6-9H,10-11H2,1-5H3. The first-order valence-electron chi connectivity index (χ1n) is 6.92. The highest BCUT2D eigenvalue weighted by molar-refractivity contribution is 5.98. The summed E-state index contributed by atoms with van der Waals surface area (Å²) in [6, 6.07) is 6.85. The second-order valence-corrected chi connectivity index (χ2v) is 5.70. The van der Waals surface area contributed by atoms with Gasteiger partial charge in [0.05, 0.1) is 7.11 Å². The number of amides is 1. The van der Waals surface area contributed by atoms with E-state index in [-0.39, 0.29) is 19.1 Å². The maximum atomic E-state index is 12.2. The van der Waals surface area contributed by atoms with Crippen LogP contribution in [0.5, 0.6) is 5.75 Å². The molecule has 22 heavy (non-hydrogen) atoms. The van der Waals surface area contributed by atoms with Crippen molar-refractivity contribution in [3.8, 4) is 5.75 Å². The Balaban J connectivity index is 2.92. The molecule has 1 aromatic rings. The molecule has 1 rings (SSSR count). The van der Waals surface area contributed by atoms with Crippen molar-refractivity contribution < 1.29 is 23.8 Å². The molecule has 1 aromatic carbocycles. The molecule has 0 aliphatic carbocycles. The zero-order valence-electron chi connectivity index (χ0n) is 13.7. The van der Waals surface area contributed by atoms with E-state index in [1.165, 1.54) is 12.0 Å². The highest BCUT2D eigenvalue weighted by Gasteiger charge is 2.23. The lowest BCUT2D eigenvalue weighted by Gasteiger charge is -2.25. The number of hydrogen-bond donors (Lipinski definition) is 0. The quantitative estimate of drug-likeness (QED) is 0.752. The smallest absolute Gasteiger partial charge is 0.326 e. The number of ether oxygens (including phenoxy) is 3. The van der Waals surface area contributed by atoms with Gasteiger partial charge in [0.2, 0.25) is 0 Å². The van der Waals surface area contributed by atoms with Gasteiger partial charge >= 0.3 is 5.97 Å². The van der Waals surface area contributed by atoms with E-state index in [1.807, 2.05) is 0 Å². The molecule has 0 heterocycles. The van der Waals surface area contributed by atoms with Crippen molar-refractivity contribution >= 4 is 17.6 Å². The predicted molar refractivity (Wildman–Crippen MR) is 83.1 cm³/mol. The second kappa shape index (κ2) is 7.79. The highest BCUT2D eigenvalue weighted by Crippen LogP contribution is 2.20. The Morgan fingerprint density at radius 2 is 1.68 bits per heavy atom. The monoisotopic (exact) mass is 309 g/mol. The third-order valence-corrected chi connectivity index (χ3v) is 2.66. The Labute approximate surface area is 131 Å². The van der Waals surface area contributed by atoms with Gasteiger partial charge in [0, 0.05) is 12.8 Å². The van der Waals surface area contributed by atoms with Crippen molar-refractivity contribution in [2.75, 3.05) is 32.3 Å². The summed E-state index contributed by atoms with van der Waals surface area (Å²) >= 11 is 0. The predicted octanol–water partition coefficient (Wildman–Crippen LogP) is 2.02. The molecular formula is C16H23NO5. The molecule has 1 amide bonds. The zero-order valence-corrected chi connectivity index (χ0v) is 13.7. The van der Waals surface area contributed by atoms with Gasteiger partial charge < -0.3 is 14.2 Å². The van der Waals surface area contributed by atoms with E-state index < -0.39 is 11.6 Å². The lowest BCUT2D eigenvalue weighted by Crippen LogP contribution is -2.40. The van der Waals surface area contributed by atoms with E-state index >= 15 is 0 Å². The molecular weight excluding hydrogens is 286 g/mol. The van der Waals surface area contributed by atoms with E-state index in [1.54, 1.807) is 52.1 Å². The minimum absolute atomic E-state index is 0.116. The number of esters is 1. The summed E-state index contributed by atoms with van der Waals surface area (Å²) in [4.78, 5) is 25.5. The van der Waals surface area contributed by atoms with Crippen molar-refractivity contribution in [2.24, 2.45) is 0 Å². The normalized spacial score (nSPS) is 11.0. The molecule has 0 unspecified atom stereocenters. The first kappa shape index (κ1) is 18.0. The maximum Gasteiger partial charge on any atom is 0.326 e. The Kier molecular flexibility index (Phi) is 6.37. The number of methoxy groups -OCH3 is 2. The number of rotatable bonds is 6. The molecule has 0 radical (unpaired) electrons. The SMILES string of the molecule is COCC(=O)N(CC(=O)OC(C)(C)C)c1ccc(OC)cc1. The lowest BCUT2D eigenvalue weighted by molar-refractivity contribution is -0.153. The molecule has 0 aromatic heterocycles. The van der Waals surface area contributed by atoms with Crippen LogP contribution < -0.4 is 9.64 Å². The summed E-state index contributed by atoms with van der Waals surface area (Å²) in [7, 11) is 2.99. The van der Waals surface area contributed by atoms with Gasteiger partial charge in [-0.3, -0.25) is 14.5 Å². The number of anilines is 1. The third-order valence-electron chi connectivity index (χ3n) is 2.66. The average Bonchev–Trinajstić information content (AvgIpc) is 2.43. The average molecular weight is 309 g/mol. The fourth-order valence-corrected chi connectivity index (χ4v) is 1.79. The summed E-state index contributed by atoms with van der Waals surface area (Å²) in [5.74, 6) is -0.133. The van der Waals surface area contributed by atoms with Gasteiger partial charge in [0.1, 0.15) is 24.5 Å². The van der Waals surface area contributed by atoms with Crippen LogP contribution in [0.25, 0.3) is 0 Å². The fraction of sp³-hybridized carbons (Fsp3) is 0.500. The topological polar surface area (TPSA) is 65.1 Å². The van der Waals surface area contributed by atoms with Crippen molar-refractivity contribution in [1.29, 1.82) is 0 Å². The van der Waals surface area contributed by atoms with Gasteiger partial charge in [-0.2, -0.15) is 0 Å².